The number of hydrazone groups is 1. The minimum atomic E-state index is -1.42. The molecule has 2 aromatic carbocycles. The van der Waals surface area contributed by atoms with Gasteiger partial charge >= 0.3 is 0 Å². The summed E-state index contributed by atoms with van der Waals surface area (Å²) >= 11 is 0. The Morgan fingerprint density at radius 3 is 2.36 bits per heavy atom. The van der Waals surface area contributed by atoms with E-state index >= 15 is 0 Å². The molecule has 0 aromatic heterocycles. The lowest BCUT2D eigenvalue weighted by molar-refractivity contribution is -0.142. The molecule has 2 aromatic rings. The molecule has 1 aliphatic rings. The van der Waals surface area contributed by atoms with E-state index in [1.54, 1.807) is 18.2 Å². The summed E-state index contributed by atoms with van der Waals surface area (Å²) in [6.45, 7) is 0.276. The first kappa shape index (κ1) is 19.8. The van der Waals surface area contributed by atoms with Crippen molar-refractivity contribution in [3.63, 3.8) is 0 Å². The van der Waals surface area contributed by atoms with E-state index in [4.69, 9.17) is 14.2 Å². The van der Waals surface area contributed by atoms with Crippen molar-refractivity contribution in [2.45, 2.75) is 12.5 Å². The molecular weight excluding hydrogens is 370 g/mol. The van der Waals surface area contributed by atoms with Crippen LogP contribution in [0.3, 0.4) is 0 Å². The summed E-state index contributed by atoms with van der Waals surface area (Å²) in [6.07, 6.45) is -0.938. The molecule has 1 heterocycles. The molecule has 1 aliphatic heterocycles. The second-order valence-electron chi connectivity index (χ2n) is 6.08. The van der Waals surface area contributed by atoms with E-state index in [2.05, 4.69) is 5.10 Å². The number of ether oxygens (including phenoxy) is 3. The molecule has 8 heteroatoms. The Morgan fingerprint density at radius 2 is 1.75 bits per heavy atom. The van der Waals surface area contributed by atoms with Crippen molar-refractivity contribution in [2.75, 3.05) is 27.9 Å². The summed E-state index contributed by atoms with van der Waals surface area (Å²) in [5, 5.41) is 5.49. The zero-order valence-corrected chi connectivity index (χ0v) is 15.7. The quantitative estimate of drug-likeness (QED) is 0.759. The van der Waals surface area contributed by atoms with Crippen LogP contribution in [-0.2, 0) is 9.53 Å². The average Bonchev–Trinajstić information content (AvgIpc) is 3.20. The predicted molar refractivity (Wildman–Crippen MR) is 98.5 cm³/mol. The van der Waals surface area contributed by atoms with Crippen LogP contribution >= 0.6 is 0 Å². The molecule has 0 spiro atoms. The van der Waals surface area contributed by atoms with Gasteiger partial charge in [0.25, 0.3) is 5.91 Å². The van der Waals surface area contributed by atoms with E-state index < -0.39 is 29.2 Å². The zero-order valence-electron chi connectivity index (χ0n) is 15.7. The first-order valence-electron chi connectivity index (χ1n) is 8.58. The van der Waals surface area contributed by atoms with Crippen molar-refractivity contribution >= 4 is 11.6 Å². The molecule has 1 amide bonds. The summed E-state index contributed by atoms with van der Waals surface area (Å²) in [5.74, 6) is -1.21. The van der Waals surface area contributed by atoms with Crippen molar-refractivity contribution in [3.05, 3.63) is 59.2 Å². The number of hydrogen-bond donors (Lipinski definition) is 0. The molecule has 1 unspecified atom stereocenters. The Balaban J connectivity index is 1.87. The highest BCUT2D eigenvalue weighted by Gasteiger charge is 2.33. The summed E-state index contributed by atoms with van der Waals surface area (Å²) in [4.78, 5) is 12.8. The first-order valence-corrected chi connectivity index (χ1v) is 8.58. The molecule has 0 aliphatic carbocycles. The molecular formula is C20H20F2N2O4. The van der Waals surface area contributed by atoms with E-state index in [0.717, 1.165) is 17.7 Å². The lowest BCUT2D eigenvalue weighted by Gasteiger charge is -2.20. The number of nitrogens with zero attached hydrogens (tertiary/aromatic N) is 2. The Bertz CT molecular complexity index is 897. The van der Waals surface area contributed by atoms with E-state index in [-0.39, 0.29) is 6.54 Å². The summed E-state index contributed by atoms with van der Waals surface area (Å²) in [7, 11) is 4.29. The monoisotopic (exact) mass is 390 g/mol. The van der Waals surface area contributed by atoms with Crippen molar-refractivity contribution in [3.8, 4) is 11.5 Å². The standard InChI is InChI=1S/C20H20F2N2O4/c1-26-16-8-7-12(11-17(16)27-2)15-9-10-24(23-15)20(25)19(28-3)18-13(21)5-4-6-14(18)22/h4-8,11,19H,9-10H2,1-3H3. The van der Waals surface area contributed by atoms with Crippen molar-refractivity contribution < 1.29 is 27.8 Å². The van der Waals surface area contributed by atoms with Crippen LogP contribution in [-0.4, -0.2) is 44.5 Å². The zero-order chi connectivity index (χ0) is 20.3. The third-order valence-corrected chi connectivity index (χ3v) is 4.49. The minimum Gasteiger partial charge on any atom is -0.493 e. The average molecular weight is 390 g/mol. The summed E-state index contributed by atoms with van der Waals surface area (Å²) in [6, 6.07) is 8.71. The highest BCUT2D eigenvalue weighted by atomic mass is 19.1. The summed E-state index contributed by atoms with van der Waals surface area (Å²) in [5.41, 5.74) is 0.988. The van der Waals surface area contributed by atoms with Crippen molar-refractivity contribution in [1.82, 2.24) is 5.01 Å². The van der Waals surface area contributed by atoms with E-state index in [0.29, 0.717) is 23.6 Å². The maximum absolute atomic E-state index is 14.1. The maximum atomic E-state index is 14.1. The molecule has 1 atom stereocenters. The Morgan fingerprint density at radius 1 is 1.07 bits per heavy atom. The molecule has 0 fully saturated rings. The van der Waals surface area contributed by atoms with Crippen LogP contribution in [0.5, 0.6) is 11.5 Å². The van der Waals surface area contributed by atoms with Crippen LogP contribution in [0.15, 0.2) is 41.5 Å². The van der Waals surface area contributed by atoms with Crippen LogP contribution in [0.1, 0.15) is 23.7 Å². The van der Waals surface area contributed by atoms with Crippen LogP contribution in [0.2, 0.25) is 0 Å². The topological polar surface area (TPSA) is 60.4 Å². The van der Waals surface area contributed by atoms with Gasteiger partial charge in [-0.3, -0.25) is 4.79 Å². The Kier molecular flexibility index (Phi) is 5.89. The minimum absolute atomic E-state index is 0.276. The SMILES string of the molecule is COc1ccc(C2=NN(C(=O)C(OC)c3c(F)cccc3F)CC2)cc1OC. The van der Waals surface area contributed by atoms with Gasteiger partial charge in [0.2, 0.25) is 0 Å². The number of carbonyl (C=O) groups excluding carboxylic acids is 1. The molecule has 6 nitrogen and oxygen atoms in total. The van der Waals surface area contributed by atoms with Gasteiger partial charge in [-0.25, -0.2) is 13.8 Å². The number of halogens is 2. The van der Waals surface area contributed by atoms with Gasteiger partial charge in [0, 0.05) is 19.1 Å². The lowest BCUT2D eigenvalue weighted by Crippen LogP contribution is -2.31. The lowest BCUT2D eigenvalue weighted by atomic mass is 10.1. The second-order valence-corrected chi connectivity index (χ2v) is 6.08. The van der Waals surface area contributed by atoms with Gasteiger partial charge in [-0.05, 0) is 30.3 Å². The van der Waals surface area contributed by atoms with Crippen molar-refractivity contribution in [1.29, 1.82) is 0 Å². The van der Waals surface area contributed by atoms with Gasteiger partial charge < -0.3 is 14.2 Å². The Labute approximate surface area is 161 Å². The number of amides is 1. The van der Waals surface area contributed by atoms with Gasteiger partial charge in [0.1, 0.15) is 11.6 Å². The third-order valence-electron chi connectivity index (χ3n) is 4.49. The smallest absolute Gasteiger partial charge is 0.276 e. The largest absolute Gasteiger partial charge is 0.493 e. The molecule has 28 heavy (non-hydrogen) atoms. The molecule has 0 radical (unpaired) electrons. The number of carbonyl (C=O) groups is 1. The molecule has 0 saturated carbocycles. The van der Waals surface area contributed by atoms with Gasteiger partial charge in [-0.2, -0.15) is 5.10 Å². The van der Waals surface area contributed by atoms with E-state index in [1.807, 2.05) is 0 Å². The van der Waals surface area contributed by atoms with Crippen LogP contribution in [0, 0.1) is 11.6 Å². The first-order chi connectivity index (χ1) is 13.5. The number of benzene rings is 2. The number of methoxy groups -OCH3 is 3. The molecule has 0 N–H and O–H groups in total. The second kappa shape index (κ2) is 8.35. The number of rotatable bonds is 6. The van der Waals surface area contributed by atoms with Crippen molar-refractivity contribution in [2.24, 2.45) is 5.10 Å². The van der Waals surface area contributed by atoms with E-state index in [1.165, 1.54) is 32.4 Å². The van der Waals surface area contributed by atoms with Crippen LogP contribution in [0.25, 0.3) is 0 Å². The highest BCUT2D eigenvalue weighted by molar-refractivity contribution is 6.03. The fourth-order valence-electron chi connectivity index (χ4n) is 3.07. The highest BCUT2D eigenvalue weighted by Crippen LogP contribution is 2.30. The normalized spacial score (nSPS) is 14.6. The van der Waals surface area contributed by atoms with Gasteiger partial charge in [-0.15, -0.1) is 0 Å². The van der Waals surface area contributed by atoms with Gasteiger partial charge in [0.15, 0.2) is 17.6 Å². The molecule has 0 saturated heterocycles. The van der Waals surface area contributed by atoms with E-state index in [9.17, 15) is 13.6 Å². The molecule has 0 bridgehead atoms. The third kappa shape index (κ3) is 3.68. The van der Waals surface area contributed by atoms with Gasteiger partial charge in [0.05, 0.1) is 32.0 Å². The molecule has 3 rings (SSSR count). The Hall–Kier alpha value is -3.00. The molecule has 148 valence electrons. The summed E-state index contributed by atoms with van der Waals surface area (Å²) < 4.78 is 43.8. The van der Waals surface area contributed by atoms with Crippen LogP contribution < -0.4 is 9.47 Å². The van der Waals surface area contributed by atoms with Crippen LogP contribution in [0.4, 0.5) is 8.78 Å². The predicted octanol–water partition coefficient (Wildman–Crippen LogP) is 3.31. The fraction of sp³-hybridized carbons (Fsp3) is 0.300. The van der Waals surface area contributed by atoms with Gasteiger partial charge in [-0.1, -0.05) is 6.07 Å². The number of hydrogen-bond acceptors (Lipinski definition) is 5. The maximum Gasteiger partial charge on any atom is 0.276 e. The fourth-order valence-corrected chi connectivity index (χ4v) is 3.07.